The molecular weight excluding hydrogens is 618 g/mol. The first-order chi connectivity index (χ1) is 21.9. The number of nitrogens with zero attached hydrogens (tertiary/aromatic N) is 2. The van der Waals surface area contributed by atoms with Crippen LogP contribution in [0.5, 0.6) is 11.5 Å². The number of nitrogens with one attached hydrogen (secondary N) is 2. The van der Waals surface area contributed by atoms with Crippen molar-refractivity contribution in [2.75, 3.05) is 14.2 Å². The zero-order chi connectivity index (χ0) is 33.4. The first kappa shape index (κ1) is 34.1. The van der Waals surface area contributed by atoms with Crippen LogP contribution in [0.15, 0.2) is 78.0 Å². The van der Waals surface area contributed by atoms with E-state index in [2.05, 4.69) is 10.4 Å². The van der Waals surface area contributed by atoms with Gasteiger partial charge in [-0.1, -0.05) is 26.0 Å². The molecule has 244 valence electrons. The molecule has 10 nitrogen and oxygen atoms in total. The first-order valence-electron chi connectivity index (χ1n) is 14.5. The van der Waals surface area contributed by atoms with Crippen LogP contribution in [0.4, 0.5) is 8.78 Å². The van der Waals surface area contributed by atoms with Gasteiger partial charge in [0.15, 0.2) is 11.6 Å². The summed E-state index contributed by atoms with van der Waals surface area (Å²) in [6.07, 6.45) is 3.76. The van der Waals surface area contributed by atoms with Gasteiger partial charge in [-0.3, -0.25) is 14.3 Å². The van der Waals surface area contributed by atoms with Gasteiger partial charge in [0.2, 0.25) is 5.91 Å². The van der Waals surface area contributed by atoms with Crippen molar-refractivity contribution in [2.24, 2.45) is 5.92 Å². The van der Waals surface area contributed by atoms with Crippen molar-refractivity contribution in [1.29, 1.82) is 0 Å². The number of aryl methyl sites for hydroxylation is 1. The number of methoxy groups -OCH3 is 2. The lowest BCUT2D eigenvalue weighted by atomic mass is 9.94. The van der Waals surface area contributed by atoms with Gasteiger partial charge >= 0.3 is 0 Å². The van der Waals surface area contributed by atoms with Crippen LogP contribution in [0.2, 0.25) is 0 Å². The van der Waals surface area contributed by atoms with Gasteiger partial charge in [0.05, 0.1) is 31.7 Å². The quantitative estimate of drug-likeness (QED) is 0.192. The van der Waals surface area contributed by atoms with E-state index in [-0.39, 0.29) is 24.7 Å². The topological polar surface area (TPSA) is 129 Å². The van der Waals surface area contributed by atoms with Crippen molar-refractivity contribution in [3.05, 3.63) is 107 Å². The highest BCUT2D eigenvalue weighted by molar-refractivity contribution is 7.90. The van der Waals surface area contributed by atoms with Crippen LogP contribution in [0.25, 0.3) is 0 Å². The highest BCUT2D eigenvalue weighted by atomic mass is 32.2. The number of hydrogen-bond donors (Lipinski definition) is 2. The maximum absolute atomic E-state index is 14.0. The minimum Gasteiger partial charge on any atom is -0.497 e. The number of hydrogen-bond acceptors (Lipinski definition) is 7. The van der Waals surface area contributed by atoms with Crippen LogP contribution in [0.1, 0.15) is 59.8 Å². The second kappa shape index (κ2) is 15.0. The molecule has 4 aromatic rings. The smallest absolute Gasteiger partial charge is 0.264 e. The summed E-state index contributed by atoms with van der Waals surface area (Å²) in [5.74, 6) is -2.48. The van der Waals surface area contributed by atoms with Crippen LogP contribution >= 0.6 is 0 Å². The third-order valence-corrected chi connectivity index (χ3v) is 8.55. The molecule has 1 aromatic heterocycles. The van der Waals surface area contributed by atoms with Gasteiger partial charge in [-0.25, -0.2) is 21.9 Å². The van der Waals surface area contributed by atoms with E-state index in [4.69, 9.17) is 9.47 Å². The number of ether oxygens (including phenoxy) is 2. The molecule has 0 fully saturated rings. The Hall–Kier alpha value is -4.78. The van der Waals surface area contributed by atoms with Gasteiger partial charge in [0.25, 0.3) is 15.9 Å². The summed E-state index contributed by atoms with van der Waals surface area (Å²) in [5.41, 5.74) is 2.39. The Balaban J connectivity index is 1.60. The van der Waals surface area contributed by atoms with E-state index in [9.17, 15) is 26.8 Å². The normalized spacial score (nSPS) is 12.1. The monoisotopic (exact) mass is 654 g/mol. The molecule has 1 atom stereocenters. The largest absolute Gasteiger partial charge is 0.497 e. The number of benzene rings is 3. The molecule has 0 saturated carbocycles. The fourth-order valence-corrected chi connectivity index (χ4v) is 5.93. The van der Waals surface area contributed by atoms with Crippen LogP contribution in [0.3, 0.4) is 0 Å². The summed E-state index contributed by atoms with van der Waals surface area (Å²) < 4.78 is 66.6. The van der Waals surface area contributed by atoms with Gasteiger partial charge in [-0.05, 0) is 77.9 Å². The van der Waals surface area contributed by atoms with Crippen molar-refractivity contribution >= 4 is 21.8 Å². The van der Waals surface area contributed by atoms with E-state index >= 15 is 0 Å². The Kier molecular flexibility index (Phi) is 11.1. The number of halogens is 2. The maximum Gasteiger partial charge on any atom is 0.264 e. The van der Waals surface area contributed by atoms with E-state index in [0.717, 1.165) is 17.2 Å². The van der Waals surface area contributed by atoms with Gasteiger partial charge in [-0.15, -0.1) is 0 Å². The van der Waals surface area contributed by atoms with Gasteiger partial charge < -0.3 is 14.8 Å². The minimum absolute atomic E-state index is 0.0196. The number of amides is 2. The molecule has 0 aliphatic carbocycles. The predicted molar refractivity (Wildman–Crippen MR) is 167 cm³/mol. The fourth-order valence-electron chi connectivity index (χ4n) is 4.90. The van der Waals surface area contributed by atoms with Crippen molar-refractivity contribution in [3.8, 4) is 11.5 Å². The number of aromatic nitrogens is 2. The Bertz CT molecular complexity index is 1770. The fraction of sp³-hybridized carbons (Fsp3) is 0.303. The SMILES string of the molecule is COc1cc(OC)cc(C(CC(C)C)NC(=O)c2cc(Cn3cccn3)ccc2CCC(=O)NS(=O)(=O)c2ccc(F)c(F)c2)c1. The molecule has 1 unspecified atom stereocenters. The zero-order valence-electron chi connectivity index (χ0n) is 25.9. The summed E-state index contributed by atoms with van der Waals surface area (Å²) >= 11 is 0. The van der Waals surface area contributed by atoms with E-state index in [1.165, 1.54) is 0 Å². The van der Waals surface area contributed by atoms with Gasteiger partial charge in [-0.2, -0.15) is 5.10 Å². The number of sulfonamides is 1. The molecule has 0 aliphatic heterocycles. The molecule has 1 heterocycles. The van der Waals surface area contributed by atoms with E-state index in [1.54, 1.807) is 55.6 Å². The highest BCUT2D eigenvalue weighted by Gasteiger charge is 2.23. The molecule has 2 N–H and O–H groups in total. The molecule has 0 spiro atoms. The molecule has 2 amide bonds. The number of carbonyl (C=O) groups excluding carboxylic acids is 2. The summed E-state index contributed by atoms with van der Waals surface area (Å²) in [6, 6.07) is 14.1. The molecule has 3 aromatic carbocycles. The highest BCUT2D eigenvalue weighted by Crippen LogP contribution is 2.30. The van der Waals surface area contributed by atoms with E-state index in [0.29, 0.717) is 47.7 Å². The van der Waals surface area contributed by atoms with Crippen molar-refractivity contribution in [1.82, 2.24) is 19.8 Å². The lowest BCUT2D eigenvalue weighted by Crippen LogP contribution is -2.32. The second-order valence-corrected chi connectivity index (χ2v) is 12.8. The molecule has 0 radical (unpaired) electrons. The lowest BCUT2D eigenvalue weighted by Gasteiger charge is -2.23. The average molecular weight is 655 g/mol. The van der Waals surface area contributed by atoms with Crippen LogP contribution in [0, 0.1) is 17.6 Å². The molecule has 13 heteroatoms. The maximum atomic E-state index is 14.0. The summed E-state index contributed by atoms with van der Waals surface area (Å²) in [7, 11) is -1.36. The number of carbonyl (C=O) groups is 2. The summed E-state index contributed by atoms with van der Waals surface area (Å²) in [6.45, 7) is 4.47. The molecular formula is C33H36F2N4O6S. The molecule has 4 rings (SSSR count). The van der Waals surface area contributed by atoms with E-state index in [1.807, 2.05) is 36.8 Å². The Morgan fingerprint density at radius 2 is 1.67 bits per heavy atom. The standard InChI is InChI=1S/C33H36F2N4O6S/c1-21(2)14-31(24-16-25(44-3)18-26(17-24)45-4)37-33(41)28-15-22(20-39-13-5-12-36-39)6-7-23(28)8-11-32(40)38-46(42,43)27-9-10-29(34)30(35)19-27/h5-7,9-10,12-13,15-19,21,31H,8,11,14,20H2,1-4H3,(H,37,41)(H,38,40). The molecule has 0 saturated heterocycles. The summed E-state index contributed by atoms with van der Waals surface area (Å²) in [4.78, 5) is 26.1. The van der Waals surface area contributed by atoms with Crippen molar-refractivity contribution in [2.45, 2.75) is 50.6 Å². The average Bonchev–Trinajstić information content (AvgIpc) is 3.53. The Morgan fingerprint density at radius 1 is 0.957 bits per heavy atom. The predicted octanol–water partition coefficient (Wildman–Crippen LogP) is 5.18. The first-order valence-corrected chi connectivity index (χ1v) is 16.0. The third kappa shape index (κ3) is 8.90. The van der Waals surface area contributed by atoms with Crippen molar-refractivity contribution < 1.29 is 36.3 Å². The molecule has 0 aliphatic rings. The van der Waals surface area contributed by atoms with Crippen LogP contribution in [-0.2, 0) is 27.8 Å². The van der Waals surface area contributed by atoms with Crippen molar-refractivity contribution in [3.63, 3.8) is 0 Å². The van der Waals surface area contributed by atoms with Crippen LogP contribution in [-0.4, -0.2) is 44.2 Å². The Morgan fingerprint density at radius 3 is 2.28 bits per heavy atom. The Labute approximate surface area is 266 Å². The van der Waals surface area contributed by atoms with Crippen LogP contribution < -0.4 is 19.5 Å². The van der Waals surface area contributed by atoms with Gasteiger partial charge in [0, 0.05) is 30.4 Å². The number of rotatable bonds is 14. The summed E-state index contributed by atoms with van der Waals surface area (Å²) in [5, 5.41) is 7.36. The molecule has 46 heavy (non-hydrogen) atoms. The second-order valence-electron chi connectivity index (χ2n) is 11.1. The van der Waals surface area contributed by atoms with E-state index < -0.39 is 38.5 Å². The lowest BCUT2D eigenvalue weighted by molar-refractivity contribution is -0.119. The zero-order valence-corrected chi connectivity index (χ0v) is 26.7. The third-order valence-electron chi connectivity index (χ3n) is 7.18. The minimum atomic E-state index is -4.45. The molecule has 0 bridgehead atoms. The van der Waals surface area contributed by atoms with Gasteiger partial charge in [0.1, 0.15) is 11.5 Å².